The number of aliphatic hydroxyl groups is 1. The second-order valence-corrected chi connectivity index (χ2v) is 4.84. The SMILES string of the molecule is Cn1cccc1C(O)Cc1ccc(Cl)cc1Cl. The summed E-state index contributed by atoms with van der Waals surface area (Å²) in [6.45, 7) is 0. The minimum Gasteiger partial charge on any atom is -0.387 e. The lowest BCUT2D eigenvalue weighted by molar-refractivity contribution is 0.170. The molecule has 0 aliphatic heterocycles. The van der Waals surface area contributed by atoms with Gasteiger partial charge in [0.15, 0.2) is 0 Å². The van der Waals surface area contributed by atoms with Crippen LogP contribution >= 0.6 is 23.2 Å². The zero-order valence-electron chi connectivity index (χ0n) is 9.40. The quantitative estimate of drug-likeness (QED) is 0.905. The normalized spacial score (nSPS) is 12.7. The number of hydrogen-bond donors (Lipinski definition) is 1. The van der Waals surface area contributed by atoms with Crippen LogP contribution in [0.5, 0.6) is 0 Å². The van der Waals surface area contributed by atoms with Crippen molar-refractivity contribution in [3.8, 4) is 0 Å². The molecule has 1 aromatic carbocycles. The Kier molecular flexibility index (Phi) is 3.77. The summed E-state index contributed by atoms with van der Waals surface area (Å²) in [7, 11) is 1.90. The van der Waals surface area contributed by atoms with Crippen LogP contribution in [0.25, 0.3) is 0 Å². The lowest BCUT2D eigenvalue weighted by Crippen LogP contribution is -2.06. The van der Waals surface area contributed by atoms with Gasteiger partial charge in [-0.15, -0.1) is 0 Å². The molecule has 1 atom stereocenters. The summed E-state index contributed by atoms with van der Waals surface area (Å²) >= 11 is 11.9. The van der Waals surface area contributed by atoms with Gasteiger partial charge in [0.1, 0.15) is 0 Å². The average molecular weight is 270 g/mol. The minimum absolute atomic E-state index is 0.480. The monoisotopic (exact) mass is 269 g/mol. The third kappa shape index (κ3) is 2.83. The molecule has 0 radical (unpaired) electrons. The van der Waals surface area contributed by atoms with Crippen LogP contribution in [0.4, 0.5) is 0 Å². The molecule has 0 aliphatic carbocycles. The number of hydrogen-bond acceptors (Lipinski definition) is 1. The van der Waals surface area contributed by atoms with Crippen LogP contribution < -0.4 is 0 Å². The van der Waals surface area contributed by atoms with Crippen LogP contribution in [0.1, 0.15) is 17.4 Å². The van der Waals surface area contributed by atoms with Gasteiger partial charge >= 0.3 is 0 Å². The fraction of sp³-hybridized carbons (Fsp3) is 0.231. The van der Waals surface area contributed by atoms with Gasteiger partial charge in [0.2, 0.25) is 0 Å². The molecule has 0 amide bonds. The van der Waals surface area contributed by atoms with Gasteiger partial charge in [-0.3, -0.25) is 0 Å². The summed E-state index contributed by atoms with van der Waals surface area (Å²) < 4.78 is 1.90. The zero-order chi connectivity index (χ0) is 12.4. The van der Waals surface area contributed by atoms with E-state index in [-0.39, 0.29) is 0 Å². The molecule has 2 nitrogen and oxygen atoms in total. The lowest BCUT2D eigenvalue weighted by Gasteiger charge is -2.13. The highest BCUT2D eigenvalue weighted by Crippen LogP contribution is 2.26. The molecule has 0 spiro atoms. The average Bonchev–Trinajstić information content (AvgIpc) is 2.68. The standard InChI is InChI=1S/C13H13Cl2NO/c1-16-6-2-3-12(16)13(17)7-9-4-5-10(14)8-11(9)15/h2-6,8,13,17H,7H2,1H3. The van der Waals surface area contributed by atoms with Gasteiger partial charge in [0, 0.05) is 35.4 Å². The van der Waals surface area contributed by atoms with Gasteiger partial charge in [0.05, 0.1) is 6.10 Å². The summed E-state index contributed by atoms with van der Waals surface area (Å²) in [5.74, 6) is 0. The van der Waals surface area contributed by atoms with E-state index in [1.807, 2.05) is 36.0 Å². The largest absolute Gasteiger partial charge is 0.387 e. The summed E-state index contributed by atoms with van der Waals surface area (Å²) in [6, 6.07) is 9.12. The Hall–Kier alpha value is -0.960. The summed E-state index contributed by atoms with van der Waals surface area (Å²) in [5.41, 5.74) is 1.76. The predicted molar refractivity (Wildman–Crippen MR) is 70.5 cm³/mol. The maximum atomic E-state index is 10.1. The molecular weight excluding hydrogens is 257 g/mol. The van der Waals surface area contributed by atoms with Crippen molar-refractivity contribution in [2.45, 2.75) is 12.5 Å². The van der Waals surface area contributed by atoms with Crippen LogP contribution in [-0.4, -0.2) is 9.67 Å². The second kappa shape index (κ2) is 5.13. The summed E-state index contributed by atoms with van der Waals surface area (Å²) in [5, 5.41) is 11.3. The van der Waals surface area contributed by atoms with Crippen LogP contribution in [0.2, 0.25) is 10.0 Å². The molecule has 0 saturated heterocycles. The molecule has 1 unspecified atom stereocenters. The smallest absolute Gasteiger partial charge is 0.0980 e. The van der Waals surface area contributed by atoms with Crippen LogP contribution in [0.3, 0.4) is 0 Å². The van der Waals surface area contributed by atoms with Crippen molar-refractivity contribution >= 4 is 23.2 Å². The third-order valence-corrected chi connectivity index (χ3v) is 3.34. The number of halogens is 2. The van der Waals surface area contributed by atoms with Gasteiger partial charge < -0.3 is 9.67 Å². The highest BCUT2D eigenvalue weighted by molar-refractivity contribution is 6.35. The first-order valence-electron chi connectivity index (χ1n) is 5.31. The predicted octanol–water partition coefficient (Wildman–Crippen LogP) is 3.61. The minimum atomic E-state index is -0.561. The number of aromatic nitrogens is 1. The van der Waals surface area contributed by atoms with E-state index in [0.717, 1.165) is 11.3 Å². The maximum absolute atomic E-state index is 10.1. The number of aryl methyl sites for hydroxylation is 1. The van der Waals surface area contributed by atoms with Crippen molar-refractivity contribution in [1.29, 1.82) is 0 Å². The number of nitrogens with zero attached hydrogens (tertiary/aromatic N) is 1. The summed E-state index contributed by atoms with van der Waals surface area (Å²) in [4.78, 5) is 0. The van der Waals surface area contributed by atoms with E-state index in [4.69, 9.17) is 23.2 Å². The van der Waals surface area contributed by atoms with Crippen molar-refractivity contribution in [1.82, 2.24) is 4.57 Å². The second-order valence-electron chi connectivity index (χ2n) is 4.00. The molecule has 1 heterocycles. The van der Waals surface area contributed by atoms with Gasteiger partial charge in [-0.05, 0) is 29.8 Å². The van der Waals surface area contributed by atoms with E-state index in [9.17, 15) is 5.11 Å². The molecule has 0 saturated carbocycles. The van der Waals surface area contributed by atoms with Crippen molar-refractivity contribution in [3.63, 3.8) is 0 Å². The molecule has 1 N–H and O–H groups in total. The zero-order valence-corrected chi connectivity index (χ0v) is 10.9. The van der Waals surface area contributed by atoms with Crippen LogP contribution in [-0.2, 0) is 13.5 Å². The van der Waals surface area contributed by atoms with Crippen LogP contribution in [0, 0.1) is 0 Å². The van der Waals surface area contributed by atoms with E-state index in [2.05, 4.69) is 0 Å². The van der Waals surface area contributed by atoms with E-state index < -0.39 is 6.10 Å². The lowest BCUT2D eigenvalue weighted by atomic mass is 10.1. The first-order valence-corrected chi connectivity index (χ1v) is 6.06. The maximum Gasteiger partial charge on any atom is 0.0980 e. The Labute approximate surface area is 110 Å². The van der Waals surface area contributed by atoms with Crippen molar-refractivity contribution in [2.24, 2.45) is 7.05 Å². The molecule has 0 bridgehead atoms. The Morgan fingerprint density at radius 2 is 2.06 bits per heavy atom. The van der Waals surface area contributed by atoms with Crippen molar-refractivity contribution in [3.05, 3.63) is 57.8 Å². The number of benzene rings is 1. The number of rotatable bonds is 3. The van der Waals surface area contributed by atoms with Gasteiger partial charge in [-0.1, -0.05) is 29.3 Å². The Morgan fingerprint density at radius 3 is 2.65 bits per heavy atom. The van der Waals surface area contributed by atoms with Crippen molar-refractivity contribution < 1.29 is 5.11 Å². The van der Waals surface area contributed by atoms with Crippen molar-refractivity contribution in [2.75, 3.05) is 0 Å². The van der Waals surface area contributed by atoms with E-state index in [1.165, 1.54) is 0 Å². The fourth-order valence-electron chi connectivity index (χ4n) is 1.82. The summed E-state index contributed by atoms with van der Waals surface area (Å²) in [6.07, 6.45) is 1.82. The molecule has 2 rings (SSSR count). The van der Waals surface area contributed by atoms with Crippen LogP contribution in [0.15, 0.2) is 36.5 Å². The first kappa shape index (κ1) is 12.5. The van der Waals surface area contributed by atoms with Gasteiger partial charge in [-0.25, -0.2) is 0 Å². The van der Waals surface area contributed by atoms with E-state index in [0.29, 0.717) is 16.5 Å². The molecule has 0 aliphatic rings. The molecule has 0 fully saturated rings. The molecule has 4 heteroatoms. The first-order chi connectivity index (χ1) is 8.08. The van der Waals surface area contributed by atoms with Gasteiger partial charge in [0.25, 0.3) is 0 Å². The van der Waals surface area contributed by atoms with E-state index in [1.54, 1.807) is 12.1 Å². The highest BCUT2D eigenvalue weighted by atomic mass is 35.5. The molecule has 1 aromatic heterocycles. The Morgan fingerprint density at radius 1 is 1.29 bits per heavy atom. The molecular formula is C13H13Cl2NO. The Balaban J connectivity index is 2.19. The Bertz CT molecular complexity index is 522. The highest BCUT2D eigenvalue weighted by Gasteiger charge is 2.13. The third-order valence-electron chi connectivity index (χ3n) is 2.75. The topological polar surface area (TPSA) is 25.2 Å². The molecule has 90 valence electrons. The van der Waals surface area contributed by atoms with Gasteiger partial charge in [-0.2, -0.15) is 0 Å². The van der Waals surface area contributed by atoms with E-state index >= 15 is 0 Å². The molecule has 2 aromatic rings. The molecule has 17 heavy (non-hydrogen) atoms. The fourth-order valence-corrected chi connectivity index (χ4v) is 2.31. The number of aliphatic hydroxyl groups excluding tert-OH is 1.